The van der Waals surface area contributed by atoms with Crippen LogP contribution in [0.1, 0.15) is 17.2 Å². The van der Waals surface area contributed by atoms with E-state index < -0.39 is 6.04 Å². The Balaban J connectivity index is 2.50. The summed E-state index contributed by atoms with van der Waals surface area (Å²) in [6.45, 7) is 0. The number of nitrogens with two attached hydrogens (primary N) is 1. The molecule has 0 saturated heterocycles. The van der Waals surface area contributed by atoms with E-state index in [1.54, 1.807) is 36.4 Å². The van der Waals surface area contributed by atoms with Crippen LogP contribution in [-0.2, 0) is 0 Å². The zero-order valence-corrected chi connectivity index (χ0v) is 12.7. The van der Waals surface area contributed by atoms with Crippen molar-refractivity contribution in [2.75, 3.05) is 0 Å². The number of hydrazine groups is 1. The van der Waals surface area contributed by atoms with Crippen molar-refractivity contribution < 1.29 is 4.39 Å². The SMILES string of the molecule is NNC(c1ccc(Cl)c(Cl)c1)c1cccc(Br)c1F. The van der Waals surface area contributed by atoms with Crippen LogP contribution in [0.25, 0.3) is 0 Å². The van der Waals surface area contributed by atoms with Crippen molar-refractivity contribution in [2.45, 2.75) is 6.04 Å². The van der Waals surface area contributed by atoms with Crippen LogP contribution in [0.15, 0.2) is 40.9 Å². The third-order valence-corrected chi connectivity index (χ3v) is 4.09. The topological polar surface area (TPSA) is 38.0 Å². The maximum Gasteiger partial charge on any atom is 0.142 e. The van der Waals surface area contributed by atoms with Crippen molar-refractivity contribution >= 4 is 39.1 Å². The van der Waals surface area contributed by atoms with E-state index in [1.807, 2.05) is 0 Å². The summed E-state index contributed by atoms with van der Waals surface area (Å²) in [5, 5.41) is 0.839. The number of hydrogen-bond acceptors (Lipinski definition) is 2. The Hall–Kier alpha value is -0.650. The highest BCUT2D eigenvalue weighted by molar-refractivity contribution is 9.10. The van der Waals surface area contributed by atoms with Crippen LogP contribution < -0.4 is 11.3 Å². The largest absolute Gasteiger partial charge is 0.271 e. The minimum absolute atomic E-state index is 0.364. The van der Waals surface area contributed by atoms with Crippen LogP contribution >= 0.6 is 39.1 Å². The van der Waals surface area contributed by atoms with Gasteiger partial charge in [0.05, 0.1) is 20.6 Å². The molecule has 19 heavy (non-hydrogen) atoms. The first kappa shape index (κ1) is 14.8. The summed E-state index contributed by atoms with van der Waals surface area (Å²) in [4.78, 5) is 0. The van der Waals surface area contributed by atoms with Gasteiger partial charge in [0, 0.05) is 5.56 Å². The average molecular weight is 364 g/mol. The highest BCUT2D eigenvalue weighted by Gasteiger charge is 2.18. The zero-order valence-electron chi connectivity index (χ0n) is 9.63. The number of benzene rings is 2. The smallest absolute Gasteiger partial charge is 0.142 e. The molecule has 2 nitrogen and oxygen atoms in total. The van der Waals surface area contributed by atoms with Gasteiger partial charge >= 0.3 is 0 Å². The maximum atomic E-state index is 14.1. The van der Waals surface area contributed by atoms with Gasteiger partial charge < -0.3 is 0 Å². The molecule has 2 aromatic carbocycles. The molecule has 2 rings (SSSR count). The Bertz CT molecular complexity index is 607. The van der Waals surface area contributed by atoms with Crippen molar-refractivity contribution in [2.24, 2.45) is 5.84 Å². The van der Waals surface area contributed by atoms with Gasteiger partial charge in [0.2, 0.25) is 0 Å². The lowest BCUT2D eigenvalue weighted by atomic mass is 9.99. The zero-order chi connectivity index (χ0) is 14.0. The lowest BCUT2D eigenvalue weighted by molar-refractivity contribution is 0.556. The molecule has 0 radical (unpaired) electrons. The standard InChI is InChI=1S/C13H10BrCl2FN2/c14-9-3-1-2-8(12(9)17)13(19-18)7-4-5-10(15)11(16)6-7/h1-6,13,19H,18H2. The van der Waals surface area contributed by atoms with E-state index in [9.17, 15) is 4.39 Å². The van der Waals surface area contributed by atoms with Crippen molar-refractivity contribution in [1.82, 2.24) is 5.43 Å². The highest BCUT2D eigenvalue weighted by Crippen LogP contribution is 2.31. The van der Waals surface area contributed by atoms with E-state index in [0.29, 0.717) is 20.1 Å². The van der Waals surface area contributed by atoms with Crippen LogP contribution in [-0.4, -0.2) is 0 Å². The molecule has 2 aromatic rings. The average Bonchev–Trinajstić information content (AvgIpc) is 2.39. The Kier molecular flexibility index (Phi) is 4.81. The molecule has 0 amide bonds. The summed E-state index contributed by atoms with van der Waals surface area (Å²) >= 11 is 15.0. The van der Waals surface area contributed by atoms with Gasteiger partial charge in [-0.05, 0) is 39.7 Å². The van der Waals surface area contributed by atoms with Gasteiger partial charge in [0.25, 0.3) is 0 Å². The lowest BCUT2D eigenvalue weighted by Crippen LogP contribution is -2.29. The molecule has 0 saturated carbocycles. The third kappa shape index (κ3) is 3.09. The van der Waals surface area contributed by atoms with Gasteiger partial charge in [0.1, 0.15) is 5.82 Å². The summed E-state index contributed by atoms with van der Waals surface area (Å²) in [6, 6.07) is 9.58. The molecule has 0 bridgehead atoms. The molecule has 0 aliphatic carbocycles. The minimum atomic E-state index is -0.507. The van der Waals surface area contributed by atoms with Crippen LogP contribution in [0.3, 0.4) is 0 Å². The molecule has 0 aromatic heterocycles. The highest BCUT2D eigenvalue weighted by atomic mass is 79.9. The summed E-state index contributed by atoms with van der Waals surface area (Å²) < 4.78 is 14.5. The molecular formula is C13H10BrCl2FN2. The van der Waals surface area contributed by atoms with Crippen LogP contribution in [0.2, 0.25) is 10.0 Å². The summed E-state index contributed by atoms with van der Waals surface area (Å²) in [7, 11) is 0. The van der Waals surface area contributed by atoms with Gasteiger partial charge in [-0.2, -0.15) is 0 Å². The van der Waals surface area contributed by atoms with Gasteiger partial charge in [-0.15, -0.1) is 0 Å². The van der Waals surface area contributed by atoms with E-state index in [-0.39, 0.29) is 5.82 Å². The Morgan fingerprint density at radius 1 is 1.16 bits per heavy atom. The number of halogens is 4. The second-order valence-corrected chi connectivity index (χ2v) is 5.59. The summed E-state index contributed by atoms with van der Waals surface area (Å²) in [6.07, 6.45) is 0. The molecule has 0 spiro atoms. The molecule has 100 valence electrons. The number of rotatable bonds is 3. The first-order valence-corrected chi connectivity index (χ1v) is 6.94. The van der Waals surface area contributed by atoms with E-state index in [4.69, 9.17) is 29.0 Å². The van der Waals surface area contributed by atoms with Gasteiger partial charge in [-0.25, -0.2) is 9.82 Å². The van der Waals surface area contributed by atoms with Crippen LogP contribution in [0.5, 0.6) is 0 Å². The number of nitrogens with one attached hydrogen (secondary N) is 1. The van der Waals surface area contributed by atoms with Crippen molar-refractivity contribution in [1.29, 1.82) is 0 Å². The second kappa shape index (κ2) is 6.20. The number of hydrogen-bond donors (Lipinski definition) is 2. The Labute approximate surface area is 128 Å². The molecule has 0 fully saturated rings. The monoisotopic (exact) mass is 362 g/mol. The molecule has 3 N–H and O–H groups in total. The fourth-order valence-corrected chi connectivity index (χ4v) is 2.49. The summed E-state index contributed by atoms with van der Waals surface area (Å²) in [5.41, 5.74) is 3.74. The van der Waals surface area contributed by atoms with Gasteiger partial charge in [0.15, 0.2) is 0 Å². The van der Waals surface area contributed by atoms with Crippen molar-refractivity contribution in [3.05, 3.63) is 67.9 Å². The first-order chi connectivity index (χ1) is 9.04. The molecule has 0 heterocycles. The van der Waals surface area contributed by atoms with E-state index in [1.165, 1.54) is 0 Å². The fourth-order valence-electron chi connectivity index (χ4n) is 1.80. The van der Waals surface area contributed by atoms with E-state index in [2.05, 4.69) is 21.4 Å². The molecule has 0 aliphatic heterocycles. The summed E-state index contributed by atoms with van der Waals surface area (Å²) in [5.74, 6) is 5.17. The predicted molar refractivity (Wildman–Crippen MR) is 79.7 cm³/mol. The minimum Gasteiger partial charge on any atom is -0.271 e. The van der Waals surface area contributed by atoms with E-state index in [0.717, 1.165) is 5.56 Å². The lowest BCUT2D eigenvalue weighted by Gasteiger charge is -2.18. The maximum absolute atomic E-state index is 14.1. The predicted octanol–water partition coefficient (Wildman–Crippen LogP) is 4.45. The van der Waals surface area contributed by atoms with Crippen LogP contribution in [0, 0.1) is 5.82 Å². The second-order valence-electron chi connectivity index (χ2n) is 3.92. The quantitative estimate of drug-likeness (QED) is 0.624. The van der Waals surface area contributed by atoms with Gasteiger partial charge in [-0.3, -0.25) is 5.84 Å². The molecule has 1 atom stereocenters. The molecule has 0 aliphatic rings. The van der Waals surface area contributed by atoms with Crippen LogP contribution in [0.4, 0.5) is 4.39 Å². The third-order valence-electron chi connectivity index (χ3n) is 2.74. The van der Waals surface area contributed by atoms with Crippen molar-refractivity contribution in [3.63, 3.8) is 0 Å². The molecule has 6 heteroatoms. The first-order valence-electron chi connectivity index (χ1n) is 5.39. The van der Waals surface area contributed by atoms with Crippen molar-refractivity contribution in [3.8, 4) is 0 Å². The fraction of sp³-hybridized carbons (Fsp3) is 0.0769. The Morgan fingerprint density at radius 2 is 1.89 bits per heavy atom. The van der Waals surface area contributed by atoms with E-state index >= 15 is 0 Å². The molecule has 1 unspecified atom stereocenters. The molecular weight excluding hydrogens is 354 g/mol. The Morgan fingerprint density at radius 3 is 2.53 bits per heavy atom. The normalized spacial score (nSPS) is 12.5. The van der Waals surface area contributed by atoms with Gasteiger partial charge in [-0.1, -0.05) is 41.4 Å².